The second-order valence-corrected chi connectivity index (χ2v) is 5.95. The number of sulfonamides is 1. The third kappa shape index (κ3) is 2.29. The quantitative estimate of drug-likeness (QED) is 0.791. The summed E-state index contributed by atoms with van der Waals surface area (Å²) in [6.07, 6.45) is 4.32. The van der Waals surface area contributed by atoms with Crippen LogP contribution in [0.5, 0.6) is 0 Å². The summed E-state index contributed by atoms with van der Waals surface area (Å²) in [6.45, 7) is -0.261. The highest BCUT2D eigenvalue weighted by atomic mass is 32.2. The molecule has 0 amide bonds. The van der Waals surface area contributed by atoms with E-state index in [2.05, 4.69) is 9.71 Å². The number of Topliss-reactive ketones (excluding diaryl/α,β-unsaturated/α-hetero) is 1. The van der Waals surface area contributed by atoms with Crippen LogP contribution in [0, 0.1) is 0 Å². The lowest BCUT2D eigenvalue weighted by Gasteiger charge is -1.98. The Hall–Kier alpha value is -1.25. The topological polar surface area (TPSA) is 80.5 Å². The minimum atomic E-state index is -3.35. The molecule has 2 heterocycles. The average Bonchev–Trinajstić information content (AvgIpc) is 2.73. The fourth-order valence-corrected chi connectivity index (χ4v) is 2.43. The number of thiazole rings is 1. The van der Waals surface area contributed by atoms with Crippen molar-refractivity contribution < 1.29 is 13.2 Å². The smallest absolute Gasteiger partial charge is 0.209 e. The van der Waals surface area contributed by atoms with Crippen LogP contribution in [0.3, 0.4) is 0 Å². The maximum Gasteiger partial charge on any atom is 0.209 e. The minimum absolute atomic E-state index is 0.261. The minimum Gasteiger partial charge on any atom is -0.296 e. The summed E-state index contributed by atoms with van der Waals surface area (Å²) in [5.74, 6) is -0.338. The number of nitrogens with one attached hydrogen (secondary N) is 1. The zero-order chi connectivity index (χ0) is 11.8. The zero-order valence-corrected chi connectivity index (χ0v) is 10.0. The fraction of sp³-hybridized carbons (Fsp3) is 0.250. The molecule has 0 saturated carbocycles. The van der Waals surface area contributed by atoms with Gasteiger partial charge in [-0.2, -0.15) is 0 Å². The van der Waals surface area contributed by atoms with Crippen molar-refractivity contribution in [3.63, 3.8) is 0 Å². The van der Waals surface area contributed by atoms with E-state index in [4.69, 9.17) is 0 Å². The second-order valence-electron chi connectivity index (χ2n) is 3.23. The molecular weight excluding hydrogens is 250 g/mol. The highest BCUT2D eigenvalue weighted by molar-refractivity contribution is 7.88. The van der Waals surface area contributed by atoms with E-state index in [1.54, 1.807) is 10.6 Å². The Labute approximate surface area is 96.0 Å². The number of hydrogen-bond donors (Lipinski definition) is 1. The van der Waals surface area contributed by atoms with Crippen molar-refractivity contribution in [2.45, 2.75) is 0 Å². The molecule has 0 spiro atoms. The molecule has 2 rings (SSSR count). The molecule has 0 aliphatic carbocycles. The predicted octanol–water partition coefficient (Wildman–Crippen LogP) is 0.128. The molecule has 0 aliphatic rings. The first kappa shape index (κ1) is 11.2. The van der Waals surface area contributed by atoms with Gasteiger partial charge in [0.05, 0.1) is 12.8 Å². The number of nitrogens with zero attached hydrogens (tertiary/aromatic N) is 2. The van der Waals surface area contributed by atoms with Gasteiger partial charge in [-0.3, -0.25) is 9.20 Å². The molecule has 0 fully saturated rings. The highest BCUT2D eigenvalue weighted by Gasteiger charge is 2.15. The number of carbonyl (C=O) groups is 1. The molecule has 8 heteroatoms. The zero-order valence-electron chi connectivity index (χ0n) is 8.37. The fourth-order valence-electron chi connectivity index (χ4n) is 1.20. The number of fused-ring (bicyclic) bond motifs is 1. The number of hydrogen-bond acceptors (Lipinski definition) is 5. The van der Waals surface area contributed by atoms with Crippen LogP contribution < -0.4 is 4.72 Å². The molecule has 0 saturated heterocycles. The van der Waals surface area contributed by atoms with Gasteiger partial charge in [-0.1, -0.05) is 0 Å². The first-order chi connectivity index (χ1) is 7.47. The van der Waals surface area contributed by atoms with Gasteiger partial charge in [0.15, 0.2) is 5.78 Å². The SMILES string of the molecule is CS(=O)(=O)NCC(=O)c1ncn2ccsc12. The van der Waals surface area contributed by atoms with Gasteiger partial charge in [-0.15, -0.1) is 11.3 Å². The molecule has 0 bridgehead atoms. The maximum absolute atomic E-state index is 11.7. The summed E-state index contributed by atoms with van der Waals surface area (Å²) in [4.78, 5) is 16.3. The molecule has 0 radical (unpaired) electrons. The van der Waals surface area contributed by atoms with E-state index in [1.165, 1.54) is 17.7 Å². The van der Waals surface area contributed by atoms with Crippen molar-refractivity contribution in [3.8, 4) is 0 Å². The lowest BCUT2D eigenvalue weighted by Crippen LogP contribution is -2.28. The molecule has 0 aromatic carbocycles. The normalized spacial score (nSPS) is 12.1. The molecule has 2 aromatic heterocycles. The Morgan fingerprint density at radius 2 is 2.38 bits per heavy atom. The Morgan fingerprint density at radius 1 is 1.62 bits per heavy atom. The first-order valence-corrected chi connectivity index (χ1v) is 7.12. The summed E-state index contributed by atoms with van der Waals surface area (Å²) in [5, 5.41) is 1.83. The molecule has 0 aliphatic heterocycles. The van der Waals surface area contributed by atoms with Crippen LogP contribution in [-0.4, -0.2) is 36.4 Å². The van der Waals surface area contributed by atoms with Crippen LogP contribution in [0.2, 0.25) is 0 Å². The van der Waals surface area contributed by atoms with Gasteiger partial charge in [0.1, 0.15) is 16.9 Å². The maximum atomic E-state index is 11.7. The van der Waals surface area contributed by atoms with Crippen molar-refractivity contribution in [1.82, 2.24) is 14.1 Å². The Kier molecular flexibility index (Phi) is 2.78. The number of ketones is 1. The number of carbonyl (C=O) groups excluding carboxylic acids is 1. The molecule has 6 nitrogen and oxygen atoms in total. The van der Waals surface area contributed by atoms with Gasteiger partial charge < -0.3 is 0 Å². The van der Waals surface area contributed by atoms with Crippen molar-refractivity contribution in [2.24, 2.45) is 0 Å². The molecule has 86 valence electrons. The first-order valence-electron chi connectivity index (χ1n) is 4.35. The van der Waals surface area contributed by atoms with Gasteiger partial charge >= 0.3 is 0 Å². The molecule has 0 atom stereocenters. The van der Waals surface area contributed by atoms with Crippen LogP contribution in [0.25, 0.3) is 4.83 Å². The highest BCUT2D eigenvalue weighted by Crippen LogP contribution is 2.16. The van der Waals surface area contributed by atoms with Crippen LogP contribution in [0.4, 0.5) is 0 Å². The molecule has 2 aromatic rings. The van der Waals surface area contributed by atoms with Crippen LogP contribution in [-0.2, 0) is 10.0 Å². The third-order valence-electron chi connectivity index (χ3n) is 1.91. The summed E-state index contributed by atoms with van der Waals surface area (Å²) in [5.41, 5.74) is 0.297. The molecule has 0 unspecified atom stereocenters. The van der Waals surface area contributed by atoms with Crippen molar-refractivity contribution in [3.05, 3.63) is 23.6 Å². The number of aromatic nitrogens is 2. The Morgan fingerprint density at radius 3 is 3.06 bits per heavy atom. The number of imidazole rings is 1. The van der Waals surface area contributed by atoms with Crippen LogP contribution in [0.1, 0.15) is 10.5 Å². The summed E-state index contributed by atoms with van der Waals surface area (Å²) >= 11 is 1.38. The second kappa shape index (κ2) is 3.96. The lowest BCUT2D eigenvalue weighted by atomic mass is 10.3. The van der Waals surface area contributed by atoms with E-state index in [1.807, 2.05) is 5.38 Å². The van der Waals surface area contributed by atoms with Gasteiger partial charge in [-0.05, 0) is 0 Å². The van der Waals surface area contributed by atoms with Crippen molar-refractivity contribution in [1.29, 1.82) is 0 Å². The third-order valence-corrected chi connectivity index (χ3v) is 3.46. The number of rotatable bonds is 4. The molecule has 1 N–H and O–H groups in total. The molecular formula is C8H9N3O3S2. The van der Waals surface area contributed by atoms with Crippen LogP contribution in [0.15, 0.2) is 17.9 Å². The van der Waals surface area contributed by atoms with Crippen molar-refractivity contribution >= 4 is 32.0 Å². The van der Waals surface area contributed by atoms with E-state index in [0.29, 0.717) is 5.69 Å². The Bertz CT molecular complexity index is 626. The summed E-state index contributed by atoms with van der Waals surface area (Å²) < 4.78 is 25.5. The van der Waals surface area contributed by atoms with E-state index >= 15 is 0 Å². The van der Waals surface area contributed by atoms with E-state index in [0.717, 1.165) is 11.1 Å². The van der Waals surface area contributed by atoms with Crippen molar-refractivity contribution in [2.75, 3.05) is 12.8 Å². The molecule has 16 heavy (non-hydrogen) atoms. The van der Waals surface area contributed by atoms with E-state index < -0.39 is 10.0 Å². The Balaban J connectivity index is 2.20. The van der Waals surface area contributed by atoms with Crippen LogP contribution >= 0.6 is 11.3 Å². The monoisotopic (exact) mass is 259 g/mol. The van der Waals surface area contributed by atoms with Gasteiger partial charge in [0.2, 0.25) is 10.0 Å². The van der Waals surface area contributed by atoms with Gasteiger partial charge in [0, 0.05) is 11.6 Å². The van der Waals surface area contributed by atoms with Gasteiger partial charge in [0.25, 0.3) is 0 Å². The van der Waals surface area contributed by atoms with Gasteiger partial charge in [-0.25, -0.2) is 18.1 Å². The average molecular weight is 259 g/mol. The van der Waals surface area contributed by atoms with E-state index in [-0.39, 0.29) is 12.3 Å². The largest absolute Gasteiger partial charge is 0.296 e. The van der Waals surface area contributed by atoms with E-state index in [9.17, 15) is 13.2 Å². The lowest BCUT2D eigenvalue weighted by molar-refractivity contribution is 0.0994. The predicted molar refractivity (Wildman–Crippen MR) is 60.2 cm³/mol. The standard InChI is InChI=1S/C8H9N3O3S2/c1-16(13,14)10-4-6(12)7-8-11(5-9-7)2-3-15-8/h2-3,5,10H,4H2,1H3. The summed E-state index contributed by atoms with van der Waals surface area (Å²) in [6, 6.07) is 0. The summed E-state index contributed by atoms with van der Waals surface area (Å²) in [7, 11) is -3.35.